The maximum absolute atomic E-state index is 12.1. The molecule has 2 aromatic carbocycles. The van der Waals surface area contributed by atoms with E-state index in [4.69, 9.17) is 11.6 Å². The second-order valence-corrected chi connectivity index (χ2v) is 6.92. The highest BCUT2D eigenvalue weighted by Crippen LogP contribution is 2.15. The van der Waals surface area contributed by atoms with E-state index in [9.17, 15) is 18.0 Å². The molecular formula is C15H11ClO4S. The van der Waals surface area contributed by atoms with Crippen LogP contribution in [0.25, 0.3) is 0 Å². The average Bonchev–Trinajstić information content (AvgIpc) is 2.45. The number of sulfone groups is 1. The van der Waals surface area contributed by atoms with Gasteiger partial charge in [-0.05, 0) is 36.4 Å². The Labute approximate surface area is 127 Å². The number of halogens is 1. The number of carbonyl (C=O) groups is 2. The lowest BCUT2D eigenvalue weighted by Gasteiger charge is -2.03. The molecular weight excluding hydrogens is 312 g/mol. The lowest BCUT2D eigenvalue weighted by molar-refractivity contribution is 0.0817. The molecule has 2 aromatic rings. The quantitative estimate of drug-likeness (QED) is 0.641. The molecule has 0 radical (unpaired) electrons. The van der Waals surface area contributed by atoms with Crippen LogP contribution in [0.2, 0.25) is 5.02 Å². The zero-order valence-corrected chi connectivity index (χ0v) is 12.6. The largest absolute Gasteiger partial charge is 0.285 e. The first-order valence-corrected chi connectivity index (χ1v) is 8.21. The van der Waals surface area contributed by atoms with Crippen LogP contribution >= 0.6 is 11.6 Å². The van der Waals surface area contributed by atoms with Gasteiger partial charge in [-0.15, -0.1) is 0 Å². The van der Waals surface area contributed by atoms with Crippen LogP contribution in [-0.2, 0) is 9.84 Å². The molecule has 0 amide bonds. The topological polar surface area (TPSA) is 68.3 Å². The van der Waals surface area contributed by atoms with Crippen LogP contribution < -0.4 is 0 Å². The molecule has 0 aliphatic rings. The Kier molecular flexibility index (Phi) is 4.25. The molecule has 0 bridgehead atoms. The van der Waals surface area contributed by atoms with E-state index in [-0.39, 0.29) is 16.0 Å². The van der Waals surface area contributed by atoms with Gasteiger partial charge in [0, 0.05) is 22.4 Å². The van der Waals surface area contributed by atoms with Crippen LogP contribution in [0.4, 0.5) is 0 Å². The smallest absolute Gasteiger partial charge is 0.233 e. The van der Waals surface area contributed by atoms with Crippen molar-refractivity contribution < 1.29 is 18.0 Å². The summed E-state index contributed by atoms with van der Waals surface area (Å²) in [4.78, 5) is 24.2. The summed E-state index contributed by atoms with van der Waals surface area (Å²) < 4.78 is 22.7. The minimum atomic E-state index is -3.34. The summed E-state index contributed by atoms with van der Waals surface area (Å²) in [6.07, 6.45) is 1.07. The van der Waals surface area contributed by atoms with E-state index >= 15 is 0 Å². The Bertz CT molecular complexity index is 808. The lowest BCUT2D eigenvalue weighted by atomic mass is 10.0. The first kappa shape index (κ1) is 15.4. The summed E-state index contributed by atoms with van der Waals surface area (Å²) >= 11 is 5.78. The Balaban J connectivity index is 2.30. The van der Waals surface area contributed by atoms with Crippen LogP contribution in [0.3, 0.4) is 0 Å². The predicted molar refractivity (Wildman–Crippen MR) is 79.7 cm³/mol. The zero-order valence-electron chi connectivity index (χ0n) is 11.0. The molecule has 0 aromatic heterocycles. The molecule has 0 N–H and O–H groups in total. The first-order valence-electron chi connectivity index (χ1n) is 5.94. The number of carbonyl (C=O) groups excluding carboxylic acids is 2. The molecule has 4 nitrogen and oxygen atoms in total. The van der Waals surface area contributed by atoms with Gasteiger partial charge >= 0.3 is 0 Å². The second kappa shape index (κ2) is 5.79. The third-order valence-electron chi connectivity index (χ3n) is 2.84. The molecule has 0 heterocycles. The fourth-order valence-electron chi connectivity index (χ4n) is 1.75. The third-order valence-corrected chi connectivity index (χ3v) is 4.20. The SMILES string of the molecule is CS(=O)(=O)c1ccc(C(=O)C(=O)c2cccc(Cl)c2)cc1. The van der Waals surface area contributed by atoms with E-state index in [1.54, 1.807) is 12.1 Å². The van der Waals surface area contributed by atoms with Crippen molar-refractivity contribution >= 4 is 33.0 Å². The standard InChI is InChI=1S/C15H11ClO4S/c1-21(19,20)13-7-5-10(6-8-13)14(17)15(18)11-3-2-4-12(16)9-11/h2-9H,1H3. The van der Waals surface area contributed by atoms with Crippen LogP contribution in [-0.4, -0.2) is 26.2 Å². The maximum Gasteiger partial charge on any atom is 0.233 e. The van der Waals surface area contributed by atoms with Crippen molar-refractivity contribution in [2.24, 2.45) is 0 Å². The molecule has 0 aliphatic carbocycles. The van der Waals surface area contributed by atoms with E-state index in [1.165, 1.54) is 36.4 Å². The Morgan fingerprint density at radius 2 is 1.48 bits per heavy atom. The molecule has 2 rings (SSSR count). The van der Waals surface area contributed by atoms with Gasteiger partial charge in [-0.2, -0.15) is 0 Å². The molecule has 0 unspecified atom stereocenters. The van der Waals surface area contributed by atoms with Crippen molar-refractivity contribution in [1.82, 2.24) is 0 Å². The van der Waals surface area contributed by atoms with Gasteiger partial charge in [0.15, 0.2) is 9.84 Å². The zero-order chi connectivity index (χ0) is 15.6. The minimum Gasteiger partial charge on any atom is -0.285 e. The molecule has 0 saturated carbocycles. The monoisotopic (exact) mass is 322 g/mol. The summed E-state index contributed by atoms with van der Waals surface area (Å²) in [5.74, 6) is -1.40. The van der Waals surface area contributed by atoms with E-state index in [0.717, 1.165) is 6.26 Å². The molecule has 0 spiro atoms. The number of benzene rings is 2. The Morgan fingerprint density at radius 1 is 0.905 bits per heavy atom. The van der Waals surface area contributed by atoms with Gasteiger partial charge in [-0.25, -0.2) is 8.42 Å². The normalized spacial score (nSPS) is 11.1. The second-order valence-electron chi connectivity index (χ2n) is 4.47. The van der Waals surface area contributed by atoms with Crippen LogP contribution in [0, 0.1) is 0 Å². The summed E-state index contributed by atoms with van der Waals surface area (Å²) in [6.45, 7) is 0. The van der Waals surface area contributed by atoms with E-state index in [1.807, 2.05) is 0 Å². The van der Waals surface area contributed by atoms with Crippen molar-refractivity contribution in [1.29, 1.82) is 0 Å². The number of hydrogen-bond donors (Lipinski definition) is 0. The van der Waals surface area contributed by atoms with Gasteiger partial charge in [0.2, 0.25) is 11.6 Å². The Morgan fingerprint density at radius 3 is 2.00 bits per heavy atom. The average molecular weight is 323 g/mol. The number of Topliss-reactive ketones (excluding diaryl/α,β-unsaturated/α-hetero) is 2. The molecule has 0 aliphatic heterocycles. The lowest BCUT2D eigenvalue weighted by Crippen LogP contribution is -2.14. The summed E-state index contributed by atoms with van der Waals surface area (Å²) in [5, 5.41) is 0.362. The Hall–Kier alpha value is -1.98. The van der Waals surface area contributed by atoms with Crippen LogP contribution in [0.1, 0.15) is 20.7 Å². The first-order chi connectivity index (χ1) is 9.79. The van der Waals surface area contributed by atoms with E-state index < -0.39 is 21.4 Å². The fourth-order valence-corrected chi connectivity index (χ4v) is 2.57. The highest BCUT2D eigenvalue weighted by Gasteiger charge is 2.19. The highest BCUT2D eigenvalue weighted by atomic mass is 35.5. The van der Waals surface area contributed by atoms with Gasteiger partial charge in [0.1, 0.15) is 0 Å². The van der Waals surface area contributed by atoms with Crippen molar-refractivity contribution in [2.75, 3.05) is 6.26 Å². The van der Waals surface area contributed by atoms with Crippen LogP contribution in [0.15, 0.2) is 53.4 Å². The van der Waals surface area contributed by atoms with E-state index in [2.05, 4.69) is 0 Å². The molecule has 108 valence electrons. The van der Waals surface area contributed by atoms with Crippen molar-refractivity contribution in [3.8, 4) is 0 Å². The molecule has 6 heteroatoms. The molecule has 0 fully saturated rings. The minimum absolute atomic E-state index is 0.0919. The van der Waals surface area contributed by atoms with Crippen LogP contribution in [0.5, 0.6) is 0 Å². The summed E-state index contributed by atoms with van der Waals surface area (Å²) in [6, 6.07) is 11.3. The third kappa shape index (κ3) is 3.56. The van der Waals surface area contributed by atoms with Gasteiger partial charge in [0.25, 0.3) is 0 Å². The van der Waals surface area contributed by atoms with Gasteiger partial charge in [0.05, 0.1) is 4.90 Å². The predicted octanol–water partition coefficient (Wildman–Crippen LogP) is 2.81. The highest BCUT2D eigenvalue weighted by molar-refractivity contribution is 7.90. The number of ketones is 2. The van der Waals surface area contributed by atoms with Gasteiger partial charge < -0.3 is 0 Å². The molecule has 0 atom stereocenters. The number of rotatable bonds is 4. The molecule has 21 heavy (non-hydrogen) atoms. The molecule has 0 saturated heterocycles. The summed E-state index contributed by atoms with van der Waals surface area (Å²) in [7, 11) is -3.34. The van der Waals surface area contributed by atoms with Crippen molar-refractivity contribution in [3.63, 3.8) is 0 Å². The van der Waals surface area contributed by atoms with Gasteiger partial charge in [-0.3, -0.25) is 9.59 Å². The van der Waals surface area contributed by atoms with Crippen molar-refractivity contribution in [3.05, 3.63) is 64.7 Å². The van der Waals surface area contributed by atoms with Crippen molar-refractivity contribution in [2.45, 2.75) is 4.90 Å². The fraction of sp³-hybridized carbons (Fsp3) is 0.0667. The maximum atomic E-state index is 12.1. The summed E-state index contributed by atoms with van der Waals surface area (Å²) in [5.41, 5.74) is 0.326. The van der Waals surface area contributed by atoms with Gasteiger partial charge in [-0.1, -0.05) is 23.7 Å². The number of hydrogen-bond acceptors (Lipinski definition) is 4. The van der Waals surface area contributed by atoms with E-state index in [0.29, 0.717) is 5.02 Å².